The molecule has 1 N–H and O–H groups in total. The highest BCUT2D eigenvalue weighted by Crippen LogP contribution is 1.91. The number of carbonyl (C=O) groups is 2. The molecule has 0 aromatic rings. The molecule has 4 heteroatoms. The SMILES string of the molecule is CCOCCC(=O)NC(C)C(=O)CC. The number of ether oxygens (including phenoxy) is 1. The average molecular weight is 201 g/mol. The van der Waals surface area contributed by atoms with Crippen molar-refractivity contribution >= 4 is 11.7 Å². The second-order valence-corrected chi connectivity index (χ2v) is 3.06. The normalized spacial score (nSPS) is 12.2. The molecule has 0 aliphatic heterocycles. The van der Waals surface area contributed by atoms with Gasteiger partial charge in [0.1, 0.15) is 0 Å². The van der Waals surface area contributed by atoms with E-state index in [1.165, 1.54) is 0 Å². The van der Waals surface area contributed by atoms with Gasteiger partial charge in [-0.3, -0.25) is 9.59 Å². The molecule has 0 saturated carbocycles. The van der Waals surface area contributed by atoms with Gasteiger partial charge in [-0.1, -0.05) is 6.92 Å². The minimum Gasteiger partial charge on any atom is -0.381 e. The number of rotatable bonds is 7. The van der Waals surface area contributed by atoms with Crippen molar-refractivity contribution < 1.29 is 14.3 Å². The predicted octanol–water partition coefficient (Wildman–Crippen LogP) is 0.897. The van der Waals surface area contributed by atoms with Crippen molar-refractivity contribution in [3.63, 3.8) is 0 Å². The molecular weight excluding hydrogens is 182 g/mol. The first-order valence-corrected chi connectivity index (χ1v) is 5.01. The Labute approximate surface area is 85.0 Å². The summed E-state index contributed by atoms with van der Waals surface area (Å²) in [6, 6.07) is -0.380. The van der Waals surface area contributed by atoms with Crippen LogP contribution >= 0.6 is 0 Å². The molecule has 0 rings (SSSR count). The van der Waals surface area contributed by atoms with Crippen LogP contribution in [0.15, 0.2) is 0 Å². The minimum atomic E-state index is -0.380. The van der Waals surface area contributed by atoms with E-state index in [2.05, 4.69) is 5.32 Å². The lowest BCUT2D eigenvalue weighted by atomic mass is 10.1. The van der Waals surface area contributed by atoms with Crippen LogP contribution in [0.2, 0.25) is 0 Å². The second kappa shape index (κ2) is 7.50. The Morgan fingerprint density at radius 3 is 2.50 bits per heavy atom. The highest BCUT2D eigenvalue weighted by atomic mass is 16.5. The molecule has 0 aromatic heterocycles. The summed E-state index contributed by atoms with van der Waals surface area (Å²) >= 11 is 0. The molecule has 14 heavy (non-hydrogen) atoms. The van der Waals surface area contributed by atoms with Gasteiger partial charge in [0.2, 0.25) is 5.91 Å². The lowest BCUT2D eigenvalue weighted by Gasteiger charge is -2.11. The number of nitrogens with one attached hydrogen (secondary N) is 1. The summed E-state index contributed by atoms with van der Waals surface area (Å²) in [5, 5.41) is 2.62. The summed E-state index contributed by atoms with van der Waals surface area (Å²) in [5.74, 6) is -0.0810. The van der Waals surface area contributed by atoms with Crippen molar-refractivity contribution in [2.24, 2.45) is 0 Å². The van der Waals surface area contributed by atoms with Crippen LogP contribution in [0.5, 0.6) is 0 Å². The summed E-state index contributed by atoms with van der Waals surface area (Å²) in [5.41, 5.74) is 0. The molecule has 0 spiro atoms. The van der Waals surface area contributed by atoms with Crippen molar-refractivity contribution in [2.75, 3.05) is 13.2 Å². The summed E-state index contributed by atoms with van der Waals surface area (Å²) in [7, 11) is 0. The summed E-state index contributed by atoms with van der Waals surface area (Å²) in [6.45, 7) is 6.38. The minimum absolute atomic E-state index is 0.0507. The van der Waals surface area contributed by atoms with Gasteiger partial charge in [-0.25, -0.2) is 0 Å². The first-order chi connectivity index (χ1) is 6.61. The Morgan fingerprint density at radius 1 is 1.36 bits per heavy atom. The van der Waals surface area contributed by atoms with E-state index in [0.29, 0.717) is 26.1 Å². The second-order valence-electron chi connectivity index (χ2n) is 3.06. The molecule has 4 nitrogen and oxygen atoms in total. The fourth-order valence-corrected chi connectivity index (χ4v) is 1.01. The van der Waals surface area contributed by atoms with Crippen LogP contribution in [0.25, 0.3) is 0 Å². The molecule has 82 valence electrons. The number of hydrogen-bond acceptors (Lipinski definition) is 3. The highest BCUT2D eigenvalue weighted by Gasteiger charge is 2.12. The van der Waals surface area contributed by atoms with E-state index < -0.39 is 0 Å². The van der Waals surface area contributed by atoms with Crippen LogP contribution in [-0.4, -0.2) is 30.9 Å². The van der Waals surface area contributed by atoms with Gasteiger partial charge in [-0.05, 0) is 13.8 Å². The number of hydrogen-bond donors (Lipinski definition) is 1. The van der Waals surface area contributed by atoms with E-state index >= 15 is 0 Å². The van der Waals surface area contributed by atoms with Crippen LogP contribution < -0.4 is 5.32 Å². The lowest BCUT2D eigenvalue weighted by molar-refractivity contribution is -0.127. The van der Waals surface area contributed by atoms with E-state index in [9.17, 15) is 9.59 Å². The van der Waals surface area contributed by atoms with Crippen molar-refractivity contribution in [3.8, 4) is 0 Å². The monoisotopic (exact) mass is 201 g/mol. The van der Waals surface area contributed by atoms with E-state index in [1.54, 1.807) is 13.8 Å². The van der Waals surface area contributed by atoms with Crippen molar-refractivity contribution in [1.29, 1.82) is 0 Å². The van der Waals surface area contributed by atoms with Crippen molar-refractivity contribution in [1.82, 2.24) is 5.32 Å². The third-order valence-electron chi connectivity index (χ3n) is 1.89. The molecule has 0 radical (unpaired) electrons. The van der Waals surface area contributed by atoms with E-state index in [-0.39, 0.29) is 17.7 Å². The first-order valence-electron chi connectivity index (χ1n) is 5.01. The van der Waals surface area contributed by atoms with Gasteiger partial charge in [0.25, 0.3) is 0 Å². The number of amides is 1. The molecule has 0 aliphatic carbocycles. The van der Waals surface area contributed by atoms with Crippen LogP contribution in [0.1, 0.15) is 33.6 Å². The van der Waals surface area contributed by atoms with Crippen LogP contribution in [0, 0.1) is 0 Å². The Bertz CT molecular complexity index is 192. The highest BCUT2D eigenvalue weighted by molar-refractivity contribution is 5.88. The number of ketones is 1. The topological polar surface area (TPSA) is 55.4 Å². The Hall–Kier alpha value is -0.900. The predicted molar refractivity (Wildman–Crippen MR) is 54.0 cm³/mol. The molecule has 0 saturated heterocycles. The van der Waals surface area contributed by atoms with Gasteiger partial charge in [-0.15, -0.1) is 0 Å². The van der Waals surface area contributed by atoms with Crippen molar-refractivity contribution in [3.05, 3.63) is 0 Å². The summed E-state index contributed by atoms with van der Waals surface area (Å²) < 4.78 is 5.03. The largest absolute Gasteiger partial charge is 0.381 e. The molecule has 0 bridgehead atoms. The van der Waals surface area contributed by atoms with E-state index in [4.69, 9.17) is 4.74 Å². The smallest absolute Gasteiger partial charge is 0.222 e. The molecule has 0 heterocycles. The van der Waals surface area contributed by atoms with E-state index in [0.717, 1.165) is 0 Å². The third kappa shape index (κ3) is 5.70. The maximum absolute atomic E-state index is 11.2. The van der Waals surface area contributed by atoms with Gasteiger partial charge in [0.15, 0.2) is 5.78 Å². The maximum atomic E-state index is 11.2. The standard InChI is InChI=1S/C10H19NO3/c1-4-9(12)8(3)11-10(13)6-7-14-5-2/h8H,4-7H2,1-3H3,(H,11,13). The molecule has 0 aliphatic rings. The first kappa shape index (κ1) is 13.1. The fraction of sp³-hybridized carbons (Fsp3) is 0.800. The van der Waals surface area contributed by atoms with E-state index in [1.807, 2.05) is 6.92 Å². The number of Topliss-reactive ketones (excluding diaryl/α,β-unsaturated/α-hetero) is 1. The fourth-order valence-electron chi connectivity index (χ4n) is 1.01. The van der Waals surface area contributed by atoms with Gasteiger partial charge in [0.05, 0.1) is 12.6 Å². The quantitative estimate of drug-likeness (QED) is 0.622. The van der Waals surface area contributed by atoms with Crippen LogP contribution in [0.4, 0.5) is 0 Å². The van der Waals surface area contributed by atoms with Gasteiger partial charge >= 0.3 is 0 Å². The maximum Gasteiger partial charge on any atom is 0.222 e. The molecule has 1 atom stereocenters. The zero-order chi connectivity index (χ0) is 11.0. The Balaban J connectivity index is 3.65. The average Bonchev–Trinajstić information content (AvgIpc) is 2.16. The summed E-state index contributed by atoms with van der Waals surface area (Å²) in [4.78, 5) is 22.3. The van der Waals surface area contributed by atoms with Gasteiger partial charge in [-0.2, -0.15) is 0 Å². The zero-order valence-corrected chi connectivity index (χ0v) is 9.13. The van der Waals surface area contributed by atoms with Gasteiger partial charge < -0.3 is 10.1 Å². The lowest BCUT2D eigenvalue weighted by Crippen LogP contribution is -2.38. The van der Waals surface area contributed by atoms with Crippen molar-refractivity contribution in [2.45, 2.75) is 39.7 Å². The van der Waals surface area contributed by atoms with Gasteiger partial charge in [0, 0.05) is 19.4 Å². The number of carbonyl (C=O) groups excluding carboxylic acids is 2. The Kier molecular flexibility index (Phi) is 7.02. The van der Waals surface area contributed by atoms with Crippen LogP contribution in [0.3, 0.4) is 0 Å². The molecule has 0 aromatic carbocycles. The molecule has 1 amide bonds. The molecular formula is C10H19NO3. The van der Waals surface area contributed by atoms with Crippen LogP contribution in [-0.2, 0) is 14.3 Å². The molecule has 1 unspecified atom stereocenters. The Morgan fingerprint density at radius 2 is 2.00 bits per heavy atom. The zero-order valence-electron chi connectivity index (χ0n) is 9.13. The molecule has 0 fully saturated rings. The third-order valence-corrected chi connectivity index (χ3v) is 1.89. The summed E-state index contributed by atoms with van der Waals surface area (Å²) in [6.07, 6.45) is 0.766.